The second-order valence-corrected chi connectivity index (χ2v) is 4.83. The molecule has 0 radical (unpaired) electrons. The van der Waals surface area contributed by atoms with Crippen molar-refractivity contribution in [2.24, 2.45) is 0 Å². The van der Waals surface area contributed by atoms with Crippen molar-refractivity contribution in [1.82, 2.24) is 4.98 Å². The molecule has 3 nitrogen and oxygen atoms in total. The van der Waals surface area contributed by atoms with Gasteiger partial charge >= 0.3 is 0 Å². The zero-order valence-electron chi connectivity index (χ0n) is 10.3. The summed E-state index contributed by atoms with van der Waals surface area (Å²) in [6, 6.07) is 12.0. The van der Waals surface area contributed by atoms with Gasteiger partial charge in [-0.15, -0.1) is 11.8 Å². The molecule has 2 rings (SSSR count). The van der Waals surface area contributed by atoms with Crippen molar-refractivity contribution in [2.45, 2.75) is 17.6 Å². The summed E-state index contributed by atoms with van der Waals surface area (Å²) in [5, 5.41) is 0. The van der Waals surface area contributed by atoms with Crippen LogP contribution in [0.3, 0.4) is 0 Å². The highest BCUT2D eigenvalue weighted by atomic mass is 32.2. The van der Waals surface area contributed by atoms with E-state index in [9.17, 15) is 0 Å². The minimum absolute atomic E-state index is 0.556. The highest BCUT2D eigenvalue weighted by Gasteiger charge is 1.98. The highest BCUT2D eigenvalue weighted by molar-refractivity contribution is 7.98. The van der Waals surface area contributed by atoms with Gasteiger partial charge in [0.1, 0.15) is 11.6 Å². The van der Waals surface area contributed by atoms with E-state index in [0.29, 0.717) is 12.4 Å². The van der Waals surface area contributed by atoms with Crippen LogP contribution in [0, 0.1) is 0 Å². The number of nitrogens with zero attached hydrogens (tertiary/aromatic N) is 1. The van der Waals surface area contributed by atoms with Gasteiger partial charge in [0.15, 0.2) is 0 Å². The average Bonchev–Trinajstić information content (AvgIpc) is 2.40. The molecule has 0 aliphatic rings. The second kappa shape index (κ2) is 6.31. The molecule has 0 aliphatic heterocycles. The van der Waals surface area contributed by atoms with Crippen molar-refractivity contribution in [3.05, 3.63) is 48.2 Å². The maximum absolute atomic E-state index is 5.54. The van der Waals surface area contributed by atoms with Gasteiger partial charge in [-0.05, 0) is 36.8 Å². The number of nitrogen functional groups attached to an aromatic ring is 1. The van der Waals surface area contributed by atoms with Gasteiger partial charge in [0.25, 0.3) is 0 Å². The van der Waals surface area contributed by atoms with Crippen LogP contribution in [0.1, 0.15) is 12.5 Å². The van der Waals surface area contributed by atoms with E-state index < -0.39 is 0 Å². The number of pyridine rings is 1. The molecule has 0 amide bonds. The van der Waals surface area contributed by atoms with Crippen LogP contribution >= 0.6 is 11.8 Å². The lowest BCUT2D eigenvalue weighted by Gasteiger charge is -2.05. The van der Waals surface area contributed by atoms with Gasteiger partial charge in [-0.1, -0.05) is 12.1 Å². The van der Waals surface area contributed by atoms with Gasteiger partial charge in [0.2, 0.25) is 0 Å². The van der Waals surface area contributed by atoms with Crippen LogP contribution in [0.25, 0.3) is 0 Å². The Bertz CT molecular complexity index is 482. The molecular formula is C14H16N2OS. The number of anilines is 1. The zero-order valence-corrected chi connectivity index (χ0v) is 11.1. The number of ether oxygens (including phenoxy) is 1. The number of aromatic nitrogens is 1. The fourth-order valence-electron chi connectivity index (χ4n) is 1.49. The zero-order chi connectivity index (χ0) is 12.8. The third-order valence-electron chi connectivity index (χ3n) is 2.40. The molecule has 2 aromatic rings. The van der Waals surface area contributed by atoms with Crippen LogP contribution in [-0.4, -0.2) is 11.6 Å². The number of nitrogens with two attached hydrogens (primary N) is 1. The monoisotopic (exact) mass is 260 g/mol. The Kier molecular flexibility index (Phi) is 4.47. The summed E-state index contributed by atoms with van der Waals surface area (Å²) in [6.07, 6.45) is 1.80. The van der Waals surface area contributed by atoms with Crippen LogP contribution in [0.15, 0.2) is 47.5 Å². The van der Waals surface area contributed by atoms with Gasteiger partial charge in [0.05, 0.1) is 6.61 Å². The number of thioether (sulfide) groups is 1. The minimum atomic E-state index is 0.556. The third-order valence-corrected chi connectivity index (χ3v) is 3.45. The topological polar surface area (TPSA) is 48.1 Å². The predicted octanol–water partition coefficient (Wildman–Crippen LogP) is 3.35. The van der Waals surface area contributed by atoms with E-state index in [4.69, 9.17) is 10.5 Å². The van der Waals surface area contributed by atoms with Crippen molar-refractivity contribution in [1.29, 1.82) is 0 Å². The molecular weight excluding hydrogens is 244 g/mol. The van der Waals surface area contributed by atoms with Crippen molar-refractivity contribution in [2.75, 3.05) is 12.3 Å². The van der Waals surface area contributed by atoms with E-state index in [-0.39, 0.29) is 0 Å². The molecule has 1 aromatic heterocycles. The molecule has 0 fully saturated rings. The summed E-state index contributed by atoms with van der Waals surface area (Å²) in [5.74, 6) is 2.39. The Balaban J connectivity index is 1.91. The van der Waals surface area contributed by atoms with Crippen molar-refractivity contribution in [3.63, 3.8) is 0 Å². The van der Waals surface area contributed by atoms with Gasteiger partial charge in [-0.25, -0.2) is 4.98 Å². The Morgan fingerprint density at radius 2 is 1.94 bits per heavy atom. The Morgan fingerprint density at radius 1 is 1.17 bits per heavy atom. The standard InChI is InChI=1S/C14H16N2OS/c1-2-17-12-5-3-11(4-6-12)10-18-13-7-8-14(15)16-9-13/h3-9H,2,10H2,1H3,(H2,15,16). The van der Waals surface area contributed by atoms with Gasteiger partial charge in [-0.2, -0.15) is 0 Å². The first-order valence-electron chi connectivity index (χ1n) is 5.84. The lowest BCUT2D eigenvalue weighted by Crippen LogP contribution is -1.91. The van der Waals surface area contributed by atoms with Crippen LogP contribution in [0.2, 0.25) is 0 Å². The summed E-state index contributed by atoms with van der Waals surface area (Å²) in [5.41, 5.74) is 6.81. The van der Waals surface area contributed by atoms with E-state index in [1.54, 1.807) is 18.0 Å². The molecule has 0 saturated carbocycles. The van der Waals surface area contributed by atoms with E-state index in [2.05, 4.69) is 17.1 Å². The average molecular weight is 260 g/mol. The molecule has 0 bridgehead atoms. The van der Waals surface area contributed by atoms with E-state index >= 15 is 0 Å². The normalized spacial score (nSPS) is 10.3. The quantitative estimate of drug-likeness (QED) is 0.837. The fourth-order valence-corrected chi connectivity index (χ4v) is 2.31. The maximum Gasteiger partial charge on any atom is 0.123 e. The second-order valence-electron chi connectivity index (χ2n) is 3.78. The molecule has 0 unspecified atom stereocenters. The number of rotatable bonds is 5. The summed E-state index contributed by atoms with van der Waals surface area (Å²) in [7, 11) is 0. The van der Waals surface area contributed by atoms with Crippen LogP contribution in [0.4, 0.5) is 5.82 Å². The molecule has 0 spiro atoms. The smallest absolute Gasteiger partial charge is 0.123 e. The van der Waals surface area contributed by atoms with Crippen LogP contribution < -0.4 is 10.5 Å². The molecule has 18 heavy (non-hydrogen) atoms. The van der Waals surface area contributed by atoms with E-state index in [1.165, 1.54) is 5.56 Å². The number of hydrogen-bond donors (Lipinski definition) is 1. The predicted molar refractivity (Wildman–Crippen MR) is 75.8 cm³/mol. The van der Waals surface area contributed by atoms with Gasteiger partial charge in [0, 0.05) is 16.8 Å². The summed E-state index contributed by atoms with van der Waals surface area (Å²) in [6.45, 7) is 2.68. The Labute approximate surface area is 111 Å². The number of benzene rings is 1. The molecule has 0 saturated heterocycles. The largest absolute Gasteiger partial charge is 0.494 e. The van der Waals surface area contributed by atoms with Crippen LogP contribution in [-0.2, 0) is 5.75 Å². The van der Waals surface area contributed by atoms with E-state index in [1.807, 2.05) is 31.2 Å². The van der Waals surface area contributed by atoms with Crippen molar-refractivity contribution < 1.29 is 4.74 Å². The molecule has 2 N–H and O–H groups in total. The summed E-state index contributed by atoms with van der Waals surface area (Å²) >= 11 is 1.74. The van der Waals surface area contributed by atoms with Gasteiger partial charge < -0.3 is 10.5 Å². The third kappa shape index (κ3) is 3.67. The first-order chi connectivity index (χ1) is 8.78. The fraction of sp³-hybridized carbons (Fsp3) is 0.214. The lowest BCUT2D eigenvalue weighted by atomic mass is 10.2. The van der Waals surface area contributed by atoms with E-state index in [0.717, 1.165) is 16.4 Å². The Morgan fingerprint density at radius 3 is 2.56 bits per heavy atom. The maximum atomic E-state index is 5.54. The first kappa shape index (κ1) is 12.8. The first-order valence-corrected chi connectivity index (χ1v) is 6.82. The molecule has 0 aliphatic carbocycles. The van der Waals surface area contributed by atoms with Crippen molar-refractivity contribution in [3.8, 4) is 5.75 Å². The van der Waals surface area contributed by atoms with Crippen molar-refractivity contribution >= 4 is 17.6 Å². The summed E-state index contributed by atoms with van der Waals surface area (Å²) < 4.78 is 5.41. The van der Waals surface area contributed by atoms with Gasteiger partial charge in [-0.3, -0.25) is 0 Å². The molecule has 0 atom stereocenters. The highest BCUT2D eigenvalue weighted by Crippen LogP contribution is 2.23. The molecule has 1 heterocycles. The van der Waals surface area contributed by atoms with Crippen LogP contribution in [0.5, 0.6) is 5.75 Å². The lowest BCUT2D eigenvalue weighted by molar-refractivity contribution is 0.340. The summed E-state index contributed by atoms with van der Waals surface area (Å²) in [4.78, 5) is 5.19. The molecule has 1 aromatic carbocycles. The Hall–Kier alpha value is -1.68. The minimum Gasteiger partial charge on any atom is -0.494 e. The molecule has 4 heteroatoms. The number of hydrogen-bond acceptors (Lipinski definition) is 4. The SMILES string of the molecule is CCOc1ccc(CSc2ccc(N)nc2)cc1. The molecule has 94 valence electrons.